The van der Waals surface area contributed by atoms with E-state index >= 15 is 0 Å². The molecular weight excluding hydrogens is 386 g/mol. The molecule has 1 aliphatic rings. The summed E-state index contributed by atoms with van der Waals surface area (Å²) in [5.74, 6) is -1.58. The Morgan fingerprint density at radius 1 is 1.20 bits per heavy atom. The van der Waals surface area contributed by atoms with Crippen molar-refractivity contribution < 1.29 is 34.5 Å². The summed E-state index contributed by atoms with van der Waals surface area (Å²) in [7, 11) is 2.96. The SMILES string of the molecule is [2H]C(C)(O)CCC(C)C(=O)N(C)OC.[2H]C([2H])(C)CCC(C)C([2H])(OC(C)=O)C(=O)CC1CC1. The molecule has 0 bridgehead atoms. The molecular formula is C23H43NO6. The minimum atomic E-state index is -1.88. The van der Waals surface area contributed by atoms with E-state index in [1.807, 2.05) is 0 Å². The molecule has 7 nitrogen and oxygen atoms in total. The highest BCUT2D eigenvalue weighted by Crippen LogP contribution is 2.34. The lowest BCUT2D eigenvalue weighted by atomic mass is 9.93. The van der Waals surface area contributed by atoms with Crippen LogP contribution in [0.2, 0.25) is 0 Å². The molecule has 176 valence electrons. The predicted molar refractivity (Wildman–Crippen MR) is 116 cm³/mol. The fourth-order valence-corrected chi connectivity index (χ4v) is 2.71. The third-order valence-electron chi connectivity index (χ3n) is 4.92. The standard InChI is InChI=1S/C14H24O3.C9H19NO3/c1-4-5-6-10(2)14(17-11(3)15)13(16)9-12-7-8-12;1-7(5-6-8(2)11)9(12)10(3)13-4/h10,12,14H,4-9H2,1-3H3;7-8,11H,5-6H2,1-4H3/i4D2,14D;8D. The van der Waals surface area contributed by atoms with Crippen LogP contribution >= 0.6 is 0 Å². The number of aliphatic hydroxyl groups is 1. The molecule has 30 heavy (non-hydrogen) atoms. The topological polar surface area (TPSA) is 93.1 Å². The number of amides is 1. The summed E-state index contributed by atoms with van der Waals surface area (Å²) in [6.45, 7) is 7.49. The Kier molecular flexibility index (Phi) is 11.1. The summed E-state index contributed by atoms with van der Waals surface area (Å²) in [4.78, 5) is 39.6. The lowest BCUT2D eigenvalue weighted by molar-refractivity contribution is -0.173. The van der Waals surface area contributed by atoms with Crippen LogP contribution in [-0.4, -0.2) is 54.1 Å². The molecule has 1 N–H and O–H groups in total. The van der Waals surface area contributed by atoms with Gasteiger partial charge in [-0.25, -0.2) is 5.06 Å². The second-order valence-corrected chi connectivity index (χ2v) is 8.02. The molecule has 0 aromatic heterocycles. The smallest absolute Gasteiger partial charge is 0.303 e. The number of carbonyl (C=O) groups is 3. The molecule has 4 unspecified atom stereocenters. The van der Waals surface area contributed by atoms with Gasteiger partial charge in [-0.1, -0.05) is 33.6 Å². The normalized spacial score (nSPS) is 21.6. The largest absolute Gasteiger partial charge is 0.454 e. The Bertz CT molecular complexity index is 675. The number of Topliss-reactive ketones (excluding diaryl/α,β-unsaturated/α-hetero) is 1. The lowest BCUT2D eigenvalue weighted by Gasteiger charge is -2.22. The van der Waals surface area contributed by atoms with Crippen molar-refractivity contribution >= 4 is 17.7 Å². The Morgan fingerprint density at radius 2 is 1.80 bits per heavy atom. The minimum Gasteiger partial charge on any atom is -0.454 e. The van der Waals surface area contributed by atoms with E-state index in [0.717, 1.165) is 17.9 Å². The van der Waals surface area contributed by atoms with Crippen LogP contribution in [0.4, 0.5) is 0 Å². The summed E-state index contributed by atoms with van der Waals surface area (Å²) in [5, 5.41) is 10.3. The van der Waals surface area contributed by atoms with Gasteiger partial charge in [0.2, 0.25) is 5.91 Å². The number of rotatable bonds is 13. The minimum absolute atomic E-state index is 0.142. The third kappa shape index (κ3) is 13.0. The van der Waals surface area contributed by atoms with Gasteiger partial charge in [0.15, 0.2) is 11.9 Å². The zero-order chi connectivity index (χ0) is 26.9. The van der Waals surface area contributed by atoms with E-state index in [2.05, 4.69) is 0 Å². The molecule has 4 atom stereocenters. The van der Waals surface area contributed by atoms with Gasteiger partial charge in [-0.15, -0.1) is 0 Å². The number of nitrogens with zero attached hydrogens (tertiary/aromatic N) is 1. The van der Waals surface area contributed by atoms with Crippen LogP contribution in [0.15, 0.2) is 0 Å². The number of carbonyl (C=O) groups excluding carboxylic acids is 3. The van der Waals surface area contributed by atoms with Gasteiger partial charge in [-0.2, -0.15) is 0 Å². The molecule has 0 aromatic carbocycles. The summed E-state index contributed by atoms with van der Waals surface area (Å²) >= 11 is 0. The van der Waals surface area contributed by atoms with Crippen LogP contribution in [0.3, 0.4) is 0 Å². The van der Waals surface area contributed by atoms with Crippen molar-refractivity contribution in [1.29, 1.82) is 0 Å². The summed E-state index contributed by atoms with van der Waals surface area (Å²) in [6.07, 6.45) is -1.11. The van der Waals surface area contributed by atoms with Gasteiger partial charge in [-0.3, -0.25) is 19.2 Å². The van der Waals surface area contributed by atoms with Crippen LogP contribution < -0.4 is 0 Å². The highest BCUT2D eigenvalue weighted by molar-refractivity contribution is 5.86. The third-order valence-corrected chi connectivity index (χ3v) is 4.92. The van der Waals surface area contributed by atoms with E-state index in [4.69, 9.17) is 20.2 Å². The first-order valence-corrected chi connectivity index (χ1v) is 10.6. The number of hydrogen-bond acceptors (Lipinski definition) is 6. The van der Waals surface area contributed by atoms with Crippen LogP contribution in [0, 0.1) is 17.8 Å². The zero-order valence-corrected chi connectivity index (χ0v) is 19.6. The molecule has 1 rings (SSSR count). The summed E-state index contributed by atoms with van der Waals surface area (Å²) in [6, 6.07) is 0. The number of ether oxygens (including phenoxy) is 1. The van der Waals surface area contributed by atoms with Crippen molar-refractivity contribution in [1.82, 2.24) is 5.06 Å². The molecule has 7 heteroatoms. The molecule has 0 heterocycles. The molecule has 0 spiro atoms. The van der Waals surface area contributed by atoms with Crippen LogP contribution in [0.5, 0.6) is 0 Å². The quantitative estimate of drug-likeness (QED) is 0.350. The Hall–Kier alpha value is -1.47. The van der Waals surface area contributed by atoms with Gasteiger partial charge >= 0.3 is 5.97 Å². The van der Waals surface area contributed by atoms with Gasteiger partial charge in [0, 0.05) is 35.0 Å². The molecule has 0 aliphatic heterocycles. The second-order valence-electron chi connectivity index (χ2n) is 8.02. The van der Waals surface area contributed by atoms with Crippen LogP contribution in [0.1, 0.15) is 91.4 Å². The fourth-order valence-electron chi connectivity index (χ4n) is 2.71. The first-order chi connectivity index (χ1) is 15.3. The van der Waals surface area contributed by atoms with E-state index in [1.165, 1.54) is 34.9 Å². The molecule has 1 aliphatic carbocycles. The van der Waals surface area contributed by atoms with Gasteiger partial charge < -0.3 is 9.84 Å². The predicted octanol–water partition coefficient (Wildman–Crippen LogP) is 3.92. The number of hydrogen-bond donors (Lipinski definition) is 1. The van der Waals surface area contributed by atoms with Gasteiger partial charge in [0.05, 0.1) is 15.9 Å². The average molecular weight is 434 g/mol. The molecule has 1 fully saturated rings. The molecule has 0 saturated heterocycles. The van der Waals surface area contributed by atoms with Crippen molar-refractivity contribution in [2.24, 2.45) is 17.8 Å². The maximum atomic E-state index is 12.3. The molecule has 1 saturated carbocycles. The second kappa shape index (κ2) is 15.3. The van der Waals surface area contributed by atoms with Crippen molar-refractivity contribution in [3.05, 3.63) is 0 Å². The maximum Gasteiger partial charge on any atom is 0.303 e. The monoisotopic (exact) mass is 433 g/mol. The van der Waals surface area contributed by atoms with Gasteiger partial charge in [0.25, 0.3) is 0 Å². The first-order valence-electron chi connectivity index (χ1n) is 12.6. The van der Waals surface area contributed by atoms with Crippen molar-refractivity contribution in [2.45, 2.75) is 98.1 Å². The highest BCUT2D eigenvalue weighted by Gasteiger charge is 2.32. The van der Waals surface area contributed by atoms with E-state index in [1.54, 1.807) is 13.8 Å². The van der Waals surface area contributed by atoms with E-state index < -0.39 is 30.4 Å². The zero-order valence-electron chi connectivity index (χ0n) is 23.6. The Balaban J connectivity index is 0.000000686. The van der Waals surface area contributed by atoms with E-state index in [0.29, 0.717) is 18.8 Å². The molecule has 0 radical (unpaired) electrons. The van der Waals surface area contributed by atoms with Gasteiger partial charge in [-0.05, 0) is 44.9 Å². The Labute approximate surface area is 188 Å². The summed E-state index contributed by atoms with van der Waals surface area (Å²) in [5.41, 5.74) is 0. The van der Waals surface area contributed by atoms with E-state index in [9.17, 15) is 14.4 Å². The lowest BCUT2D eigenvalue weighted by Crippen LogP contribution is -2.33. The van der Waals surface area contributed by atoms with Gasteiger partial charge in [0.1, 0.15) is 0 Å². The van der Waals surface area contributed by atoms with Crippen LogP contribution in [-0.2, 0) is 24.0 Å². The van der Waals surface area contributed by atoms with Crippen molar-refractivity contribution in [3.8, 4) is 0 Å². The average Bonchev–Trinajstić information content (AvgIpc) is 3.51. The number of ketones is 1. The highest BCUT2D eigenvalue weighted by atomic mass is 16.7. The van der Waals surface area contributed by atoms with E-state index in [-0.39, 0.29) is 36.9 Å². The van der Waals surface area contributed by atoms with Crippen molar-refractivity contribution in [3.63, 3.8) is 0 Å². The Morgan fingerprint density at radius 3 is 2.23 bits per heavy atom. The summed E-state index contributed by atoms with van der Waals surface area (Å²) < 4.78 is 35.5. The fraction of sp³-hybridized carbons (Fsp3) is 0.870. The molecule has 0 aromatic rings. The molecule has 1 amide bonds. The first kappa shape index (κ1) is 21.8. The maximum absolute atomic E-state index is 12.3. The number of esters is 1. The van der Waals surface area contributed by atoms with Crippen LogP contribution in [0.25, 0.3) is 0 Å². The van der Waals surface area contributed by atoms with Crippen molar-refractivity contribution in [2.75, 3.05) is 14.2 Å². The number of hydroxylamine groups is 2.